The second-order valence-electron chi connectivity index (χ2n) is 10.6. The molecule has 1 fully saturated rings. The minimum Gasteiger partial charge on any atom is -0.355 e. The highest BCUT2D eigenvalue weighted by Crippen LogP contribution is 2.29. The number of nitrogens with zero attached hydrogens (tertiary/aromatic N) is 2. The standard InChI is InChI=1S/C35H35N3/c1-26-22-35(33-12-5-6-13-34(33)36-26)37-32-16-14-30(15-17-32)31-11-7-10-29(24-31)25-38-20-18-28(19-21-38)23-27-8-3-2-4-9-27/h2-17,22,24,28H,18-21,23,25H2,1H3,(H,36,37). The number of likely N-dealkylation sites (tertiary alicyclic amines) is 1. The summed E-state index contributed by atoms with van der Waals surface area (Å²) in [7, 11) is 0. The van der Waals surface area contributed by atoms with Crippen molar-refractivity contribution in [2.45, 2.75) is 32.7 Å². The molecule has 3 heteroatoms. The van der Waals surface area contributed by atoms with Crippen molar-refractivity contribution in [1.82, 2.24) is 9.88 Å². The van der Waals surface area contributed by atoms with Gasteiger partial charge >= 0.3 is 0 Å². The Morgan fingerprint density at radius 3 is 2.29 bits per heavy atom. The van der Waals surface area contributed by atoms with Gasteiger partial charge in [-0.3, -0.25) is 9.88 Å². The summed E-state index contributed by atoms with van der Waals surface area (Å²) in [6.07, 6.45) is 3.79. The predicted molar refractivity (Wildman–Crippen MR) is 160 cm³/mol. The third-order valence-corrected chi connectivity index (χ3v) is 7.75. The average molecular weight is 498 g/mol. The molecular weight excluding hydrogens is 462 g/mol. The van der Waals surface area contributed by atoms with Crippen molar-refractivity contribution in [2.24, 2.45) is 5.92 Å². The van der Waals surface area contributed by atoms with Crippen LogP contribution in [0.4, 0.5) is 11.4 Å². The lowest BCUT2D eigenvalue weighted by molar-refractivity contribution is 0.177. The Bertz CT molecular complexity index is 1500. The van der Waals surface area contributed by atoms with Crippen LogP contribution in [0.25, 0.3) is 22.0 Å². The molecule has 1 saturated heterocycles. The minimum atomic E-state index is 0.807. The molecule has 1 aromatic heterocycles. The van der Waals surface area contributed by atoms with E-state index in [9.17, 15) is 0 Å². The van der Waals surface area contributed by atoms with Crippen LogP contribution in [0.5, 0.6) is 0 Å². The predicted octanol–water partition coefficient (Wildman–Crippen LogP) is 8.41. The van der Waals surface area contributed by atoms with Gasteiger partial charge in [-0.25, -0.2) is 0 Å². The van der Waals surface area contributed by atoms with Gasteiger partial charge in [0, 0.05) is 29.0 Å². The first-order valence-corrected chi connectivity index (χ1v) is 13.8. The Morgan fingerprint density at radius 2 is 1.47 bits per heavy atom. The van der Waals surface area contributed by atoms with Crippen LogP contribution in [0.15, 0.2) is 109 Å². The molecule has 5 aromatic rings. The minimum absolute atomic E-state index is 0.807. The Hall–Kier alpha value is -3.95. The summed E-state index contributed by atoms with van der Waals surface area (Å²) in [5.41, 5.74) is 9.60. The molecule has 0 bridgehead atoms. The first-order chi connectivity index (χ1) is 18.7. The number of nitrogens with one attached hydrogen (secondary N) is 1. The van der Waals surface area contributed by atoms with Crippen LogP contribution in [0.3, 0.4) is 0 Å². The number of hydrogen-bond acceptors (Lipinski definition) is 3. The zero-order valence-electron chi connectivity index (χ0n) is 22.1. The first-order valence-electron chi connectivity index (χ1n) is 13.8. The van der Waals surface area contributed by atoms with Gasteiger partial charge in [0.25, 0.3) is 0 Å². The second-order valence-corrected chi connectivity index (χ2v) is 10.6. The van der Waals surface area contributed by atoms with Gasteiger partial charge < -0.3 is 5.32 Å². The number of rotatable bonds is 7. The summed E-state index contributed by atoms with van der Waals surface area (Å²) in [5.74, 6) is 0.807. The quantitative estimate of drug-likeness (QED) is 0.245. The number of para-hydroxylation sites is 1. The van der Waals surface area contributed by atoms with E-state index in [0.29, 0.717) is 0 Å². The fraction of sp³-hybridized carbons (Fsp3) is 0.229. The topological polar surface area (TPSA) is 28.2 Å². The third-order valence-electron chi connectivity index (χ3n) is 7.75. The van der Waals surface area contributed by atoms with Gasteiger partial charge in [0.2, 0.25) is 0 Å². The smallest absolute Gasteiger partial charge is 0.0726 e. The number of aromatic nitrogens is 1. The maximum Gasteiger partial charge on any atom is 0.0726 e. The molecule has 0 atom stereocenters. The number of piperidine rings is 1. The molecule has 0 saturated carbocycles. The third kappa shape index (κ3) is 5.79. The molecule has 1 aliphatic rings. The molecule has 4 aromatic carbocycles. The van der Waals surface area contributed by atoms with Crippen molar-refractivity contribution in [1.29, 1.82) is 0 Å². The fourth-order valence-electron chi connectivity index (χ4n) is 5.72. The Labute approximate surface area is 226 Å². The largest absolute Gasteiger partial charge is 0.355 e. The van der Waals surface area contributed by atoms with Gasteiger partial charge in [0.05, 0.1) is 5.52 Å². The number of fused-ring (bicyclic) bond motifs is 1. The van der Waals surface area contributed by atoms with E-state index in [1.54, 1.807) is 0 Å². The Balaban J connectivity index is 1.09. The van der Waals surface area contributed by atoms with Crippen molar-refractivity contribution in [2.75, 3.05) is 18.4 Å². The average Bonchev–Trinajstić information content (AvgIpc) is 2.95. The van der Waals surface area contributed by atoms with Crippen LogP contribution >= 0.6 is 0 Å². The number of pyridine rings is 1. The highest BCUT2D eigenvalue weighted by Gasteiger charge is 2.19. The van der Waals surface area contributed by atoms with Crippen molar-refractivity contribution in [3.8, 4) is 11.1 Å². The van der Waals surface area contributed by atoms with E-state index in [-0.39, 0.29) is 0 Å². The highest BCUT2D eigenvalue weighted by atomic mass is 15.1. The van der Waals surface area contributed by atoms with Gasteiger partial charge in [0.15, 0.2) is 0 Å². The van der Waals surface area contributed by atoms with Gasteiger partial charge in [-0.2, -0.15) is 0 Å². The van der Waals surface area contributed by atoms with Crippen molar-refractivity contribution >= 4 is 22.3 Å². The lowest BCUT2D eigenvalue weighted by Gasteiger charge is -2.32. The number of aryl methyl sites for hydroxylation is 1. The van der Waals surface area contributed by atoms with E-state index >= 15 is 0 Å². The summed E-state index contributed by atoms with van der Waals surface area (Å²) in [5, 5.41) is 4.74. The van der Waals surface area contributed by atoms with Gasteiger partial charge in [-0.1, -0.05) is 78.9 Å². The molecule has 0 unspecified atom stereocenters. The molecule has 1 N–H and O–H groups in total. The monoisotopic (exact) mass is 497 g/mol. The van der Waals surface area contributed by atoms with Crippen LogP contribution in [-0.4, -0.2) is 23.0 Å². The van der Waals surface area contributed by atoms with E-state index in [4.69, 9.17) is 0 Å². The van der Waals surface area contributed by atoms with Crippen LogP contribution in [0.2, 0.25) is 0 Å². The van der Waals surface area contributed by atoms with Crippen LogP contribution in [-0.2, 0) is 13.0 Å². The van der Waals surface area contributed by atoms with E-state index in [1.807, 2.05) is 13.0 Å². The molecule has 3 nitrogen and oxygen atoms in total. The van der Waals surface area contributed by atoms with Gasteiger partial charge in [0.1, 0.15) is 0 Å². The summed E-state index contributed by atoms with van der Waals surface area (Å²) < 4.78 is 0. The molecule has 38 heavy (non-hydrogen) atoms. The Morgan fingerprint density at radius 1 is 0.737 bits per heavy atom. The Kier molecular flexibility index (Phi) is 7.19. The SMILES string of the molecule is Cc1cc(Nc2ccc(-c3cccc(CN4CCC(Cc5ccccc5)CC4)c3)cc2)c2ccccc2n1. The molecule has 190 valence electrons. The van der Waals surface area contributed by atoms with Gasteiger partial charge in [-0.15, -0.1) is 0 Å². The van der Waals surface area contributed by atoms with Gasteiger partial charge in [-0.05, 0) is 97.8 Å². The molecule has 1 aliphatic heterocycles. The maximum atomic E-state index is 4.66. The molecular formula is C35H35N3. The molecule has 0 amide bonds. The van der Waals surface area contributed by atoms with Crippen molar-refractivity contribution in [3.05, 3.63) is 126 Å². The normalized spacial score (nSPS) is 14.6. The lowest BCUT2D eigenvalue weighted by Crippen LogP contribution is -2.33. The molecule has 0 spiro atoms. The lowest BCUT2D eigenvalue weighted by atomic mass is 9.90. The zero-order valence-corrected chi connectivity index (χ0v) is 22.1. The summed E-state index contributed by atoms with van der Waals surface area (Å²) >= 11 is 0. The number of anilines is 2. The van der Waals surface area contributed by atoms with E-state index in [2.05, 4.69) is 118 Å². The summed E-state index contributed by atoms with van der Waals surface area (Å²) in [6.45, 7) is 5.44. The van der Waals surface area contributed by atoms with Crippen LogP contribution in [0.1, 0.15) is 29.7 Å². The van der Waals surface area contributed by atoms with Crippen LogP contribution in [0, 0.1) is 12.8 Å². The first kappa shape index (κ1) is 24.4. The van der Waals surface area contributed by atoms with Crippen molar-refractivity contribution < 1.29 is 0 Å². The van der Waals surface area contributed by atoms with E-state index < -0.39 is 0 Å². The molecule has 6 rings (SSSR count). The molecule has 0 radical (unpaired) electrons. The molecule has 2 heterocycles. The highest BCUT2D eigenvalue weighted by molar-refractivity contribution is 5.93. The zero-order chi connectivity index (χ0) is 25.7. The fourth-order valence-corrected chi connectivity index (χ4v) is 5.72. The summed E-state index contributed by atoms with van der Waals surface area (Å²) in [4.78, 5) is 7.28. The maximum absolute atomic E-state index is 4.66. The number of hydrogen-bond donors (Lipinski definition) is 1. The van der Waals surface area contributed by atoms with E-state index in [1.165, 1.54) is 54.6 Å². The summed E-state index contributed by atoms with van der Waals surface area (Å²) in [6, 6.07) is 39.2. The number of benzene rings is 4. The van der Waals surface area contributed by atoms with E-state index in [0.717, 1.165) is 40.4 Å². The van der Waals surface area contributed by atoms with Crippen molar-refractivity contribution in [3.63, 3.8) is 0 Å². The molecule has 0 aliphatic carbocycles. The van der Waals surface area contributed by atoms with Crippen LogP contribution < -0.4 is 5.32 Å². The second kappa shape index (κ2) is 11.2.